The summed E-state index contributed by atoms with van der Waals surface area (Å²) in [5.41, 5.74) is 9.10. The Morgan fingerprint density at radius 2 is 2.00 bits per heavy atom. The van der Waals surface area contributed by atoms with Gasteiger partial charge in [-0.25, -0.2) is 0 Å². The molecule has 0 saturated heterocycles. The van der Waals surface area contributed by atoms with Crippen LogP contribution in [-0.2, 0) is 6.42 Å². The van der Waals surface area contributed by atoms with E-state index in [1.807, 2.05) is 0 Å². The van der Waals surface area contributed by atoms with Crippen molar-refractivity contribution < 1.29 is 0 Å². The molecule has 2 rings (SSSR count). The van der Waals surface area contributed by atoms with Crippen molar-refractivity contribution in [2.75, 3.05) is 0 Å². The highest BCUT2D eigenvalue weighted by atomic mass is 14.7. The Balaban J connectivity index is 2.17. The molecule has 2 N–H and O–H groups in total. The Morgan fingerprint density at radius 1 is 1.31 bits per heavy atom. The molecule has 2 unspecified atom stereocenters. The summed E-state index contributed by atoms with van der Waals surface area (Å²) in [5, 5.41) is 0. The predicted molar refractivity (Wildman–Crippen MR) is 55.7 cm³/mol. The Bertz CT molecular complexity index is 304. The van der Waals surface area contributed by atoms with Gasteiger partial charge in [-0.1, -0.05) is 38.1 Å². The van der Waals surface area contributed by atoms with Gasteiger partial charge in [0.2, 0.25) is 0 Å². The lowest BCUT2D eigenvalue weighted by Gasteiger charge is -2.36. The summed E-state index contributed by atoms with van der Waals surface area (Å²) in [6, 6.07) is 8.97. The summed E-state index contributed by atoms with van der Waals surface area (Å²) in [7, 11) is 0. The minimum absolute atomic E-state index is 0.329. The first-order chi connectivity index (χ1) is 6.20. The lowest BCUT2D eigenvalue weighted by Crippen LogP contribution is -2.39. The maximum Gasteiger partial charge on any atom is 0.0134 e. The van der Waals surface area contributed by atoms with Crippen molar-refractivity contribution in [3.05, 3.63) is 35.4 Å². The molecule has 0 aromatic heterocycles. The van der Waals surface area contributed by atoms with E-state index in [1.165, 1.54) is 17.5 Å². The molecule has 0 aliphatic heterocycles. The molecule has 1 aromatic carbocycles. The molecule has 0 amide bonds. The van der Waals surface area contributed by atoms with E-state index in [4.69, 9.17) is 5.73 Å². The number of benzene rings is 1. The molecule has 0 bridgehead atoms. The van der Waals surface area contributed by atoms with Gasteiger partial charge in [0.1, 0.15) is 0 Å². The molecular weight excluding hydrogens is 158 g/mol. The number of fused-ring (bicyclic) bond motifs is 1. The number of hydrogen-bond donors (Lipinski definition) is 1. The normalized spacial score (nSPS) is 22.3. The average molecular weight is 175 g/mol. The summed E-state index contributed by atoms with van der Waals surface area (Å²) in [5.74, 6) is 1.19. The van der Waals surface area contributed by atoms with Gasteiger partial charge >= 0.3 is 0 Å². The Kier molecular flexibility index (Phi) is 2.12. The quantitative estimate of drug-likeness (QED) is 0.733. The Morgan fingerprint density at radius 3 is 2.62 bits per heavy atom. The van der Waals surface area contributed by atoms with Gasteiger partial charge in [0.15, 0.2) is 0 Å². The fourth-order valence-electron chi connectivity index (χ4n) is 2.11. The van der Waals surface area contributed by atoms with Crippen LogP contribution >= 0.6 is 0 Å². The van der Waals surface area contributed by atoms with Gasteiger partial charge in [-0.3, -0.25) is 0 Å². The third-order valence-electron chi connectivity index (χ3n) is 3.13. The molecule has 0 radical (unpaired) electrons. The molecule has 0 heterocycles. The summed E-state index contributed by atoms with van der Waals surface area (Å²) in [4.78, 5) is 0. The summed E-state index contributed by atoms with van der Waals surface area (Å²) in [6.07, 6.45) is 1.18. The minimum Gasteiger partial charge on any atom is -0.327 e. The Labute approximate surface area is 80.0 Å². The zero-order chi connectivity index (χ0) is 9.42. The monoisotopic (exact) mass is 175 g/mol. The van der Waals surface area contributed by atoms with Crippen LogP contribution in [0.4, 0.5) is 0 Å². The molecule has 0 fully saturated rings. The minimum atomic E-state index is 0.329. The second kappa shape index (κ2) is 3.15. The standard InChI is InChI=1S/C12H17N/c1-8(2)12(13)11-7-9-5-3-4-6-10(9)11/h3-6,8,11-12H,7,13H2,1-2H3. The first kappa shape index (κ1) is 8.76. The topological polar surface area (TPSA) is 26.0 Å². The lowest BCUT2D eigenvalue weighted by molar-refractivity contribution is 0.387. The van der Waals surface area contributed by atoms with Crippen LogP contribution in [0.15, 0.2) is 24.3 Å². The molecule has 1 aliphatic rings. The van der Waals surface area contributed by atoms with Crippen LogP contribution in [0.3, 0.4) is 0 Å². The van der Waals surface area contributed by atoms with Crippen molar-refractivity contribution >= 4 is 0 Å². The van der Waals surface area contributed by atoms with Crippen molar-refractivity contribution in [2.45, 2.75) is 32.2 Å². The molecule has 1 aromatic rings. The van der Waals surface area contributed by atoms with Gasteiger partial charge in [0.25, 0.3) is 0 Å². The molecule has 0 saturated carbocycles. The van der Waals surface area contributed by atoms with Gasteiger partial charge in [-0.2, -0.15) is 0 Å². The van der Waals surface area contributed by atoms with Crippen molar-refractivity contribution in [3.63, 3.8) is 0 Å². The number of hydrogen-bond acceptors (Lipinski definition) is 1. The second-order valence-electron chi connectivity index (χ2n) is 4.33. The van der Waals surface area contributed by atoms with Crippen LogP contribution in [0.2, 0.25) is 0 Å². The van der Waals surface area contributed by atoms with Crippen LogP contribution in [0.1, 0.15) is 30.9 Å². The van der Waals surface area contributed by atoms with Crippen molar-refractivity contribution in [2.24, 2.45) is 11.7 Å². The largest absolute Gasteiger partial charge is 0.327 e. The average Bonchev–Trinajstić information content (AvgIpc) is 2.06. The van der Waals surface area contributed by atoms with Crippen LogP contribution in [0, 0.1) is 5.92 Å². The maximum absolute atomic E-state index is 6.14. The first-order valence-electron chi connectivity index (χ1n) is 5.03. The predicted octanol–water partition coefficient (Wildman–Crippen LogP) is 2.31. The molecule has 2 atom stereocenters. The SMILES string of the molecule is CC(C)C(N)C1Cc2ccccc21. The van der Waals surface area contributed by atoms with E-state index in [1.54, 1.807) is 0 Å². The van der Waals surface area contributed by atoms with Gasteiger partial charge in [-0.15, -0.1) is 0 Å². The van der Waals surface area contributed by atoms with E-state index < -0.39 is 0 Å². The first-order valence-corrected chi connectivity index (χ1v) is 5.03. The molecule has 1 aliphatic carbocycles. The van der Waals surface area contributed by atoms with Gasteiger partial charge in [-0.05, 0) is 23.5 Å². The highest BCUT2D eigenvalue weighted by molar-refractivity contribution is 5.41. The fraction of sp³-hybridized carbons (Fsp3) is 0.500. The smallest absolute Gasteiger partial charge is 0.0134 e. The molecule has 70 valence electrons. The number of rotatable bonds is 2. The fourth-order valence-corrected chi connectivity index (χ4v) is 2.11. The Hall–Kier alpha value is -0.820. The highest BCUT2D eigenvalue weighted by Crippen LogP contribution is 2.38. The zero-order valence-corrected chi connectivity index (χ0v) is 8.33. The van der Waals surface area contributed by atoms with E-state index in [9.17, 15) is 0 Å². The molecule has 1 heteroatoms. The summed E-state index contributed by atoms with van der Waals surface area (Å²) in [6.45, 7) is 4.40. The van der Waals surface area contributed by atoms with Crippen molar-refractivity contribution in [1.82, 2.24) is 0 Å². The third kappa shape index (κ3) is 1.37. The number of nitrogens with two attached hydrogens (primary N) is 1. The molecule has 13 heavy (non-hydrogen) atoms. The van der Waals surface area contributed by atoms with E-state index in [0.717, 1.165) is 0 Å². The van der Waals surface area contributed by atoms with E-state index >= 15 is 0 Å². The van der Waals surface area contributed by atoms with E-state index in [2.05, 4.69) is 38.1 Å². The molecular formula is C12H17N. The molecule has 0 spiro atoms. The van der Waals surface area contributed by atoms with Crippen LogP contribution < -0.4 is 5.73 Å². The summed E-state index contributed by atoms with van der Waals surface area (Å²) >= 11 is 0. The van der Waals surface area contributed by atoms with Gasteiger partial charge in [0, 0.05) is 12.0 Å². The van der Waals surface area contributed by atoms with Crippen molar-refractivity contribution in [3.8, 4) is 0 Å². The summed E-state index contributed by atoms with van der Waals surface area (Å²) < 4.78 is 0. The van der Waals surface area contributed by atoms with Crippen LogP contribution in [0.25, 0.3) is 0 Å². The highest BCUT2D eigenvalue weighted by Gasteiger charge is 2.31. The third-order valence-corrected chi connectivity index (χ3v) is 3.13. The van der Waals surface area contributed by atoms with Gasteiger partial charge < -0.3 is 5.73 Å². The van der Waals surface area contributed by atoms with Crippen LogP contribution in [0.5, 0.6) is 0 Å². The van der Waals surface area contributed by atoms with Crippen LogP contribution in [-0.4, -0.2) is 6.04 Å². The molecule has 1 nitrogen and oxygen atoms in total. The maximum atomic E-state index is 6.14. The van der Waals surface area contributed by atoms with E-state index in [-0.39, 0.29) is 0 Å². The zero-order valence-electron chi connectivity index (χ0n) is 8.33. The van der Waals surface area contributed by atoms with Crippen molar-refractivity contribution in [1.29, 1.82) is 0 Å². The second-order valence-corrected chi connectivity index (χ2v) is 4.33. The van der Waals surface area contributed by atoms with E-state index in [0.29, 0.717) is 17.9 Å². The lowest BCUT2D eigenvalue weighted by atomic mass is 9.71. The van der Waals surface area contributed by atoms with Gasteiger partial charge in [0.05, 0.1) is 0 Å².